The second-order valence-corrected chi connectivity index (χ2v) is 7.25. The molecule has 0 unspecified atom stereocenters. The van der Waals surface area contributed by atoms with Crippen molar-refractivity contribution in [1.82, 2.24) is 9.47 Å². The number of aromatic nitrogens is 1. The molecular formula is C22H17N3O4. The summed E-state index contributed by atoms with van der Waals surface area (Å²) in [6, 6.07) is 16.4. The lowest BCUT2D eigenvalue weighted by Gasteiger charge is -2.17. The Morgan fingerprint density at radius 1 is 0.897 bits per heavy atom. The Morgan fingerprint density at radius 3 is 2.45 bits per heavy atom. The number of ketones is 1. The van der Waals surface area contributed by atoms with Crippen molar-refractivity contribution in [2.45, 2.75) is 19.0 Å². The van der Waals surface area contributed by atoms with Crippen LogP contribution in [0.4, 0.5) is 10.5 Å². The van der Waals surface area contributed by atoms with E-state index in [0.717, 1.165) is 15.8 Å². The zero-order chi connectivity index (χ0) is 20.1. The zero-order valence-electron chi connectivity index (χ0n) is 15.4. The number of imide groups is 1. The highest BCUT2D eigenvalue weighted by Crippen LogP contribution is 2.31. The van der Waals surface area contributed by atoms with E-state index < -0.39 is 18.0 Å². The van der Waals surface area contributed by atoms with Gasteiger partial charge in [-0.15, -0.1) is 0 Å². The van der Waals surface area contributed by atoms with Crippen LogP contribution in [0.1, 0.15) is 12.0 Å². The number of pyridine rings is 1. The second-order valence-electron chi connectivity index (χ2n) is 7.25. The molecule has 7 heteroatoms. The fourth-order valence-electron chi connectivity index (χ4n) is 4.09. The molecule has 2 saturated heterocycles. The molecule has 0 saturated carbocycles. The van der Waals surface area contributed by atoms with Crippen molar-refractivity contribution >= 4 is 34.3 Å². The van der Waals surface area contributed by atoms with Crippen LogP contribution in [0.3, 0.4) is 0 Å². The van der Waals surface area contributed by atoms with Gasteiger partial charge in [-0.3, -0.25) is 14.4 Å². The summed E-state index contributed by atoms with van der Waals surface area (Å²) in [4.78, 5) is 52.2. The summed E-state index contributed by atoms with van der Waals surface area (Å²) in [5.74, 6) is -0.724. The Labute approximate surface area is 165 Å². The van der Waals surface area contributed by atoms with Gasteiger partial charge in [0.05, 0.1) is 17.7 Å². The molecule has 7 nitrogen and oxygen atoms in total. The summed E-state index contributed by atoms with van der Waals surface area (Å²) in [5, 5.41) is 0.733. The molecular weight excluding hydrogens is 370 g/mol. The number of urea groups is 1. The van der Waals surface area contributed by atoms with E-state index in [1.165, 1.54) is 11.0 Å². The van der Waals surface area contributed by atoms with Gasteiger partial charge in [0.15, 0.2) is 11.8 Å². The van der Waals surface area contributed by atoms with Gasteiger partial charge in [0.2, 0.25) is 0 Å². The van der Waals surface area contributed by atoms with Crippen LogP contribution in [0.5, 0.6) is 0 Å². The lowest BCUT2D eigenvalue weighted by molar-refractivity contribution is -0.127. The van der Waals surface area contributed by atoms with Crippen molar-refractivity contribution < 1.29 is 14.4 Å². The summed E-state index contributed by atoms with van der Waals surface area (Å²) in [7, 11) is 0. The predicted molar refractivity (Wildman–Crippen MR) is 107 cm³/mol. The number of carbonyl (C=O) groups is 3. The SMILES string of the molecule is O=C1CCN2C(=O)N(c3ccc4c(ccc(=O)n4Cc4ccccc4)c3)C(=O)[C@H]12. The van der Waals surface area contributed by atoms with Crippen molar-refractivity contribution in [3.8, 4) is 0 Å². The van der Waals surface area contributed by atoms with Gasteiger partial charge < -0.3 is 9.47 Å². The number of rotatable bonds is 3. The molecule has 1 atom stereocenters. The molecule has 144 valence electrons. The third kappa shape index (κ3) is 2.66. The molecule has 29 heavy (non-hydrogen) atoms. The highest BCUT2D eigenvalue weighted by atomic mass is 16.2. The number of hydrogen-bond acceptors (Lipinski definition) is 4. The Kier molecular flexibility index (Phi) is 3.84. The van der Waals surface area contributed by atoms with Gasteiger partial charge in [-0.1, -0.05) is 30.3 Å². The Bertz CT molecular complexity index is 1230. The first-order chi connectivity index (χ1) is 14.0. The molecule has 0 bridgehead atoms. The van der Waals surface area contributed by atoms with Gasteiger partial charge in [-0.2, -0.15) is 0 Å². The quantitative estimate of drug-likeness (QED) is 0.510. The monoisotopic (exact) mass is 387 g/mol. The van der Waals surface area contributed by atoms with Crippen molar-refractivity contribution in [3.63, 3.8) is 0 Å². The molecule has 2 fully saturated rings. The summed E-state index contributed by atoms with van der Waals surface area (Å²) in [6.45, 7) is 0.692. The molecule has 5 rings (SSSR count). The number of benzene rings is 2. The Morgan fingerprint density at radius 2 is 1.69 bits per heavy atom. The number of amides is 3. The molecule has 2 aliphatic rings. The molecule has 3 aromatic rings. The van der Waals surface area contributed by atoms with Gasteiger partial charge in [0.1, 0.15) is 0 Å². The first-order valence-electron chi connectivity index (χ1n) is 9.39. The van der Waals surface area contributed by atoms with E-state index in [4.69, 9.17) is 0 Å². The molecule has 0 N–H and O–H groups in total. The van der Waals surface area contributed by atoms with Gasteiger partial charge in [0, 0.05) is 24.4 Å². The smallest absolute Gasteiger partial charge is 0.304 e. The van der Waals surface area contributed by atoms with Crippen molar-refractivity contribution in [3.05, 3.63) is 76.6 Å². The number of carbonyl (C=O) groups excluding carboxylic acids is 3. The van der Waals surface area contributed by atoms with Crippen molar-refractivity contribution in [2.24, 2.45) is 0 Å². The molecule has 3 heterocycles. The number of Topliss-reactive ketones (excluding diaryl/α,β-unsaturated/α-hetero) is 1. The largest absolute Gasteiger partial charge is 0.332 e. The number of fused-ring (bicyclic) bond motifs is 2. The fraction of sp³-hybridized carbons (Fsp3) is 0.182. The van der Waals surface area contributed by atoms with Gasteiger partial charge in [-0.25, -0.2) is 9.69 Å². The first-order valence-corrected chi connectivity index (χ1v) is 9.39. The molecule has 0 aliphatic carbocycles. The first kappa shape index (κ1) is 17.4. The minimum Gasteiger partial charge on any atom is -0.304 e. The van der Waals surface area contributed by atoms with E-state index in [1.807, 2.05) is 30.3 Å². The van der Waals surface area contributed by atoms with Crippen LogP contribution in [0.15, 0.2) is 65.5 Å². The van der Waals surface area contributed by atoms with Crippen LogP contribution < -0.4 is 10.5 Å². The Balaban J connectivity index is 1.56. The minimum absolute atomic E-state index is 0.131. The summed E-state index contributed by atoms with van der Waals surface area (Å²) in [6.07, 6.45) is 0.222. The van der Waals surface area contributed by atoms with Crippen LogP contribution in [0.25, 0.3) is 10.9 Å². The average molecular weight is 387 g/mol. The van der Waals surface area contributed by atoms with Crippen molar-refractivity contribution in [1.29, 1.82) is 0 Å². The highest BCUT2D eigenvalue weighted by Gasteiger charge is 2.52. The van der Waals surface area contributed by atoms with E-state index in [9.17, 15) is 19.2 Å². The second kappa shape index (κ2) is 6.41. The summed E-state index contributed by atoms with van der Waals surface area (Å²) in [5.41, 5.74) is 1.98. The normalized spacial score (nSPS) is 18.8. The third-order valence-corrected chi connectivity index (χ3v) is 5.52. The zero-order valence-corrected chi connectivity index (χ0v) is 15.4. The van der Waals surface area contributed by atoms with E-state index in [-0.39, 0.29) is 24.3 Å². The highest BCUT2D eigenvalue weighted by molar-refractivity contribution is 6.29. The third-order valence-electron chi connectivity index (χ3n) is 5.52. The lowest BCUT2D eigenvalue weighted by atomic mass is 10.1. The summed E-state index contributed by atoms with van der Waals surface area (Å²) < 4.78 is 1.66. The number of hydrogen-bond donors (Lipinski definition) is 0. The number of anilines is 1. The van der Waals surface area contributed by atoms with E-state index in [0.29, 0.717) is 17.7 Å². The molecule has 2 aromatic carbocycles. The van der Waals surface area contributed by atoms with Crippen LogP contribution in [-0.4, -0.2) is 39.8 Å². The van der Waals surface area contributed by atoms with Crippen molar-refractivity contribution in [2.75, 3.05) is 11.4 Å². The van der Waals surface area contributed by atoms with Crippen LogP contribution >= 0.6 is 0 Å². The maximum atomic E-state index is 12.7. The van der Waals surface area contributed by atoms with E-state index in [1.54, 1.807) is 28.8 Å². The predicted octanol–water partition coefficient (Wildman–Crippen LogP) is 2.16. The van der Waals surface area contributed by atoms with Crippen LogP contribution in [0, 0.1) is 0 Å². The minimum atomic E-state index is -0.995. The molecule has 3 amide bonds. The number of nitrogens with zero attached hydrogens (tertiary/aromatic N) is 3. The molecule has 0 spiro atoms. The van der Waals surface area contributed by atoms with Gasteiger partial charge in [-0.05, 0) is 29.8 Å². The average Bonchev–Trinajstić information content (AvgIpc) is 3.23. The molecule has 2 aliphatic heterocycles. The van der Waals surface area contributed by atoms with E-state index >= 15 is 0 Å². The van der Waals surface area contributed by atoms with Crippen LogP contribution in [0.2, 0.25) is 0 Å². The van der Waals surface area contributed by atoms with Crippen LogP contribution in [-0.2, 0) is 16.1 Å². The molecule has 0 radical (unpaired) electrons. The standard InChI is InChI=1S/C22H17N3O4/c26-18-10-11-23-20(18)21(28)25(22(23)29)16-7-8-17-15(12-16)6-9-19(27)24(17)13-14-4-2-1-3-5-14/h1-9,12,20H,10-11,13H2/t20-/m0/s1. The maximum absolute atomic E-state index is 12.7. The van der Waals surface area contributed by atoms with Gasteiger partial charge >= 0.3 is 6.03 Å². The fourth-order valence-corrected chi connectivity index (χ4v) is 4.09. The van der Waals surface area contributed by atoms with Gasteiger partial charge in [0.25, 0.3) is 11.5 Å². The lowest BCUT2D eigenvalue weighted by Crippen LogP contribution is -2.34. The topological polar surface area (TPSA) is 79.7 Å². The maximum Gasteiger partial charge on any atom is 0.332 e. The van der Waals surface area contributed by atoms with E-state index in [2.05, 4.69) is 0 Å². The Hall–Kier alpha value is -3.74. The summed E-state index contributed by atoms with van der Waals surface area (Å²) >= 11 is 0. The molecule has 1 aromatic heterocycles.